The number of halogens is 2. The second kappa shape index (κ2) is 10.3. The topological polar surface area (TPSA) is 78.3 Å². The lowest BCUT2D eigenvalue weighted by Gasteiger charge is -2.24. The molecule has 36 heavy (non-hydrogen) atoms. The van der Waals surface area contributed by atoms with E-state index >= 15 is 0 Å². The first kappa shape index (κ1) is 25.1. The van der Waals surface area contributed by atoms with Gasteiger partial charge < -0.3 is 25.0 Å². The quantitative estimate of drug-likeness (QED) is 0.373. The van der Waals surface area contributed by atoms with E-state index in [1.54, 1.807) is 29.9 Å². The molecular formula is C26H29F2N7O. The molecule has 188 valence electrons. The number of anilines is 4. The van der Waals surface area contributed by atoms with Crippen LogP contribution in [0.4, 0.5) is 31.8 Å². The maximum absolute atomic E-state index is 14.8. The number of hydrogen-bond donors (Lipinski definition) is 2. The van der Waals surface area contributed by atoms with Crippen LogP contribution in [0.5, 0.6) is 0 Å². The van der Waals surface area contributed by atoms with Gasteiger partial charge in [0.2, 0.25) is 11.9 Å². The molecule has 0 atom stereocenters. The molecule has 2 heterocycles. The molecule has 0 saturated heterocycles. The summed E-state index contributed by atoms with van der Waals surface area (Å²) in [5.41, 5.74) is 3.39. The summed E-state index contributed by atoms with van der Waals surface area (Å²) in [4.78, 5) is 24.5. The molecule has 4 rings (SSSR count). The molecule has 0 unspecified atom stereocenters. The minimum absolute atomic E-state index is 0.104. The van der Waals surface area contributed by atoms with E-state index in [0.717, 1.165) is 25.0 Å². The summed E-state index contributed by atoms with van der Waals surface area (Å²) in [6.45, 7) is 3.07. The van der Waals surface area contributed by atoms with Gasteiger partial charge in [-0.1, -0.05) is 0 Å². The smallest absolute Gasteiger partial charge is 0.227 e. The summed E-state index contributed by atoms with van der Waals surface area (Å²) in [5, 5.41) is 6.66. The highest BCUT2D eigenvalue weighted by atomic mass is 19.1. The third-order valence-corrected chi connectivity index (χ3v) is 5.81. The number of amides is 1. The van der Waals surface area contributed by atoms with Crippen LogP contribution in [0.1, 0.15) is 6.92 Å². The number of fused-ring (bicyclic) bond motifs is 1. The lowest BCUT2D eigenvalue weighted by atomic mass is 10.1. The van der Waals surface area contributed by atoms with Gasteiger partial charge in [0.05, 0.1) is 23.1 Å². The highest BCUT2D eigenvalue weighted by Gasteiger charge is 2.17. The van der Waals surface area contributed by atoms with Gasteiger partial charge in [-0.2, -0.15) is 0 Å². The highest BCUT2D eigenvalue weighted by molar-refractivity contribution is 5.96. The number of benzene rings is 2. The fourth-order valence-electron chi connectivity index (χ4n) is 4.00. The van der Waals surface area contributed by atoms with Gasteiger partial charge in [0, 0.05) is 56.9 Å². The van der Waals surface area contributed by atoms with Crippen molar-refractivity contribution < 1.29 is 13.6 Å². The second-order valence-electron chi connectivity index (χ2n) is 8.97. The van der Waals surface area contributed by atoms with Gasteiger partial charge in [-0.3, -0.25) is 4.79 Å². The van der Waals surface area contributed by atoms with Crippen LogP contribution in [0.15, 0.2) is 48.8 Å². The summed E-state index contributed by atoms with van der Waals surface area (Å²) in [6.07, 6.45) is 2.82. The van der Waals surface area contributed by atoms with Crippen LogP contribution in [0, 0.1) is 11.6 Å². The van der Waals surface area contributed by atoms with Crippen LogP contribution < -0.4 is 15.5 Å². The Bertz CT molecular complexity index is 1420. The summed E-state index contributed by atoms with van der Waals surface area (Å²) in [7, 11) is 7.74. The summed E-state index contributed by atoms with van der Waals surface area (Å²) >= 11 is 0. The Morgan fingerprint density at radius 2 is 1.86 bits per heavy atom. The zero-order valence-electron chi connectivity index (χ0n) is 20.9. The Hall–Kier alpha value is -4.05. The van der Waals surface area contributed by atoms with E-state index in [4.69, 9.17) is 0 Å². The van der Waals surface area contributed by atoms with E-state index in [2.05, 4.69) is 30.4 Å². The van der Waals surface area contributed by atoms with Crippen molar-refractivity contribution in [2.24, 2.45) is 7.05 Å². The number of nitrogens with zero attached hydrogens (tertiary/aromatic N) is 5. The number of aryl methyl sites for hydroxylation is 1. The average Bonchev–Trinajstić information content (AvgIpc) is 3.14. The number of carbonyl (C=O) groups is 1. The molecule has 4 aromatic rings. The van der Waals surface area contributed by atoms with Crippen molar-refractivity contribution in [2.75, 3.05) is 49.8 Å². The Morgan fingerprint density at radius 3 is 2.58 bits per heavy atom. The molecule has 0 aliphatic carbocycles. The Balaban J connectivity index is 1.66. The van der Waals surface area contributed by atoms with Crippen molar-refractivity contribution >= 4 is 39.8 Å². The van der Waals surface area contributed by atoms with Crippen molar-refractivity contribution in [3.05, 3.63) is 60.4 Å². The third kappa shape index (κ3) is 5.44. The van der Waals surface area contributed by atoms with E-state index in [0.29, 0.717) is 27.8 Å². The van der Waals surface area contributed by atoms with Gasteiger partial charge in [0.15, 0.2) is 5.82 Å². The molecular weight excluding hydrogens is 464 g/mol. The Morgan fingerprint density at radius 1 is 1.08 bits per heavy atom. The van der Waals surface area contributed by atoms with Crippen LogP contribution in [0.3, 0.4) is 0 Å². The zero-order chi connectivity index (χ0) is 26.0. The second-order valence-corrected chi connectivity index (χ2v) is 8.97. The van der Waals surface area contributed by atoms with Crippen molar-refractivity contribution in [1.29, 1.82) is 0 Å². The first-order valence-electron chi connectivity index (χ1n) is 11.4. The maximum Gasteiger partial charge on any atom is 0.227 e. The average molecular weight is 494 g/mol. The molecule has 0 fully saturated rings. The van der Waals surface area contributed by atoms with E-state index in [-0.39, 0.29) is 23.4 Å². The molecule has 10 heteroatoms. The fraction of sp³-hybridized carbons (Fsp3) is 0.269. The first-order chi connectivity index (χ1) is 17.1. The van der Waals surface area contributed by atoms with Gasteiger partial charge in [0.1, 0.15) is 11.5 Å². The molecule has 1 amide bonds. The fourth-order valence-corrected chi connectivity index (χ4v) is 4.00. The highest BCUT2D eigenvalue weighted by Crippen LogP contribution is 2.33. The van der Waals surface area contributed by atoms with Gasteiger partial charge >= 0.3 is 0 Å². The number of nitrogens with one attached hydrogen (secondary N) is 2. The molecule has 2 aromatic heterocycles. The van der Waals surface area contributed by atoms with Gasteiger partial charge in [0.25, 0.3) is 0 Å². The predicted octanol–water partition coefficient (Wildman–Crippen LogP) is 4.61. The summed E-state index contributed by atoms with van der Waals surface area (Å²) in [5.74, 6) is -0.962. The lowest BCUT2D eigenvalue weighted by molar-refractivity contribution is -0.114. The lowest BCUT2D eigenvalue weighted by Crippen LogP contribution is -2.29. The normalized spacial score (nSPS) is 11.2. The largest absolute Gasteiger partial charge is 0.372 e. The van der Waals surface area contributed by atoms with Crippen LogP contribution in [-0.4, -0.2) is 59.6 Å². The minimum atomic E-state index is -0.589. The molecule has 0 spiro atoms. The number of hydrogen-bond acceptors (Lipinski definition) is 6. The van der Waals surface area contributed by atoms with Gasteiger partial charge in [-0.15, -0.1) is 0 Å². The van der Waals surface area contributed by atoms with Crippen molar-refractivity contribution in [3.8, 4) is 11.3 Å². The van der Waals surface area contributed by atoms with E-state index in [9.17, 15) is 13.6 Å². The first-order valence-corrected chi connectivity index (χ1v) is 11.4. The van der Waals surface area contributed by atoms with Crippen molar-refractivity contribution in [3.63, 3.8) is 0 Å². The van der Waals surface area contributed by atoms with E-state index < -0.39 is 5.82 Å². The minimum Gasteiger partial charge on any atom is -0.372 e. The van der Waals surface area contributed by atoms with Crippen LogP contribution in [0.25, 0.3) is 22.2 Å². The number of likely N-dealkylation sites (N-methyl/N-ethyl adjacent to an activating group) is 2. The van der Waals surface area contributed by atoms with Gasteiger partial charge in [-0.05, 0) is 50.5 Å². The molecule has 0 aliphatic heterocycles. The molecule has 2 aromatic carbocycles. The van der Waals surface area contributed by atoms with Crippen LogP contribution in [0.2, 0.25) is 0 Å². The third-order valence-electron chi connectivity index (χ3n) is 5.81. The van der Waals surface area contributed by atoms with E-state index in [1.807, 2.05) is 33.3 Å². The van der Waals surface area contributed by atoms with Crippen molar-refractivity contribution in [1.82, 2.24) is 19.4 Å². The summed E-state index contributed by atoms with van der Waals surface area (Å²) in [6, 6.07) is 9.88. The number of aromatic nitrogens is 3. The van der Waals surface area contributed by atoms with Crippen LogP contribution in [-0.2, 0) is 11.8 Å². The molecule has 0 aliphatic rings. The number of carbonyl (C=O) groups excluding carboxylic acids is 1. The van der Waals surface area contributed by atoms with Crippen molar-refractivity contribution in [2.45, 2.75) is 6.92 Å². The standard InChI is InChI=1S/C26H29F2N7O/c1-16(36)30-22-13-18(7-9-23(22)34(4)11-10-33(2)3)31-26-29-14-21(28)25(32-26)20-15-35(5)24-12-17(27)6-8-19(20)24/h6-9,12-15H,10-11H2,1-5H3,(H,30,36)(H,29,31,32). The number of rotatable bonds is 8. The molecule has 0 saturated carbocycles. The van der Waals surface area contributed by atoms with E-state index in [1.165, 1.54) is 19.1 Å². The molecule has 8 nitrogen and oxygen atoms in total. The van der Waals surface area contributed by atoms with Gasteiger partial charge in [-0.25, -0.2) is 18.7 Å². The monoisotopic (exact) mass is 493 g/mol. The SMILES string of the molecule is CC(=O)Nc1cc(Nc2ncc(F)c(-c3cn(C)c4cc(F)ccc34)n2)ccc1N(C)CCN(C)C. The molecule has 0 radical (unpaired) electrons. The summed E-state index contributed by atoms with van der Waals surface area (Å²) < 4.78 is 30.3. The zero-order valence-corrected chi connectivity index (χ0v) is 20.9. The predicted molar refractivity (Wildman–Crippen MR) is 140 cm³/mol. The maximum atomic E-state index is 14.8. The molecule has 2 N–H and O–H groups in total. The Labute approximate surface area is 208 Å². The molecule has 0 bridgehead atoms. The van der Waals surface area contributed by atoms with Crippen LogP contribution >= 0.6 is 0 Å². The Kier molecular flexibility index (Phi) is 7.16.